The minimum atomic E-state index is -4.66. The van der Waals surface area contributed by atoms with Crippen molar-refractivity contribution < 1.29 is 32.3 Å². The molecule has 4 amide bonds. The van der Waals surface area contributed by atoms with Gasteiger partial charge in [-0.25, -0.2) is 9.78 Å². The molecule has 2 N–H and O–H groups in total. The van der Waals surface area contributed by atoms with Crippen LogP contribution in [-0.2, 0) is 11.0 Å². The van der Waals surface area contributed by atoms with Gasteiger partial charge in [-0.05, 0) is 93.3 Å². The monoisotopic (exact) mass is 754 g/mol. The van der Waals surface area contributed by atoms with Crippen LogP contribution in [0.5, 0.6) is 5.75 Å². The molecule has 1 aliphatic carbocycles. The zero-order chi connectivity index (χ0) is 38.3. The number of fused-ring (bicyclic) bond motifs is 2. The molecule has 5 aromatic rings. The van der Waals surface area contributed by atoms with E-state index in [4.69, 9.17) is 9.84 Å². The lowest BCUT2D eigenvalue weighted by Gasteiger charge is -2.37. The highest BCUT2D eigenvalue weighted by Gasteiger charge is 2.33. The molecule has 1 saturated carbocycles. The van der Waals surface area contributed by atoms with Crippen LogP contribution in [0.1, 0.15) is 78.7 Å². The van der Waals surface area contributed by atoms with Gasteiger partial charge in [0.25, 0.3) is 5.91 Å². The molecule has 0 spiro atoms. The number of amides is 4. The van der Waals surface area contributed by atoms with E-state index in [9.17, 15) is 27.6 Å². The number of ether oxygens (including phenoxy) is 1. The summed E-state index contributed by atoms with van der Waals surface area (Å²) in [6.07, 6.45) is 7.43. The molecule has 0 unspecified atom stereocenters. The van der Waals surface area contributed by atoms with Crippen LogP contribution in [0.3, 0.4) is 0 Å². The van der Waals surface area contributed by atoms with E-state index in [1.807, 2.05) is 17.1 Å². The highest BCUT2D eigenvalue weighted by molar-refractivity contribution is 6.09. The number of anilines is 2. The van der Waals surface area contributed by atoms with Gasteiger partial charge in [0.2, 0.25) is 5.91 Å². The number of pyridine rings is 2. The minimum Gasteiger partial charge on any atom is -0.494 e. The third-order valence-corrected chi connectivity index (χ3v) is 11.2. The van der Waals surface area contributed by atoms with Crippen molar-refractivity contribution in [3.8, 4) is 5.75 Å². The van der Waals surface area contributed by atoms with Crippen molar-refractivity contribution in [3.05, 3.63) is 84.1 Å². The van der Waals surface area contributed by atoms with Crippen molar-refractivity contribution in [2.24, 2.45) is 5.92 Å². The Morgan fingerprint density at radius 2 is 1.76 bits per heavy atom. The van der Waals surface area contributed by atoms with Crippen LogP contribution in [0.25, 0.3) is 21.7 Å². The van der Waals surface area contributed by atoms with Gasteiger partial charge in [-0.2, -0.15) is 18.3 Å². The van der Waals surface area contributed by atoms with E-state index >= 15 is 0 Å². The van der Waals surface area contributed by atoms with Crippen LogP contribution in [0.15, 0.2) is 67.1 Å². The molecule has 2 aliphatic heterocycles. The summed E-state index contributed by atoms with van der Waals surface area (Å²) in [5.41, 5.74) is 1.54. The summed E-state index contributed by atoms with van der Waals surface area (Å²) in [6, 6.07) is 12.9. The molecule has 8 rings (SSSR count). The molecule has 15 heteroatoms. The summed E-state index contributed by atoms with van der Waals surface area (Å²) in [5.74, 6) is 0.377. The summed E-state index contributed by atoms with van der Waals surface area (Å²) >= 11 is 0. The molecular weight excluding hydrogens is 713 g/mol. The van der Waals surface area contributed by atoms with Crippen molar-refractivity contribution in [1.29, 1.82) is 0 Å². The third-order valence-electron chi connectivity index (χ3n) is 11.2. The summed E-state index contributed by atoms with van der Waals surface area (Å²) < 4.78 is 47.0. The number of aromatic nitrogens is 4. The van der Waals surface area contributed by atoms with E-state index in [0.717, 1.165) is 86.5 Å². The number of imide groups is 1. The standard InChI is InChI=1S/C40H41F3N8O4/c1-55-35-19-32-28(18-33(35)46-38(53)31-3-2-4-36(45-31)40(41,42)43)23-51(48-32)29-8-5-24(6-9-29)22-49-14-11-25(12-15-49)26-7-10-30-27(17-26)20-44-21-34(30)50-16-13-37(52)47-39(50)54/h2-4,7,10,17-21,23-25,29H,5-6,8-9,11-16,22H2,1H3,(H,46,53)(H,47,52,54)/t24-,29-. The maximum atomic E-state index is 13.2. The predicted molar refractivity (Wildman–Crippen MR) is 200 cm³/mol. The Balaban J connectivity index is 0.849. The van der Waals surface area contributed by atoms with Crippen LogP contribution < -0.4 is 20.3 Å². The average molecular weight is 755 g/mol. The van der Waals surface area contributed by atoms with Crippen LogP contribution in [-0.4, -0.2) is 75.8 Å². The molecule has 0 bridgehead atoms. The lowest BCUT2D eigenvalue weighted by atomic mass is 9.84. The van der Waals surface area contributed by atoms with Gasteiger partial charge in [0.05, 0.1) is 36.2 Å². The van der Waals surface area contributed by atoms with E-state index in [1.165, 1.54) is 18.7 Å². The number of alkyl halides is 3. The van der Waals surface area contributed by atoms with Crippen LogP contribution in [0.4, 0.5) is 29.3 Å². The summed E-state index contributed by atoms with van der Waals surface area (Å²) in [6.45, 7) is 3.49. The van der Waals surface area contributed by atoms with E-state index in [1.54, 1.807) is 23.2 Å². The fourth-order valence-electron chi connectivity index (χ4n) is 8.28. The Morgan fingerprint density at radius 3 is 2.51 bits per heavy atom. The summed E-state index contributed by atoms with van der Waals surface area (Å²) in [7, 11) is 1.46. The first kappa shape index (κ1) is 36.4. The Morgan fingerprint density at radius 1 is 0.964 bits per heavy atom. The number of hydrogen-bond donors (Lipinski definition) is 2. The first-order valence-electron chi connectivity index (χ1n) is 18.7. The van der Waals surface area contributed by atoms with Gasteiger partial charge in [0, 0.05) is 54.1 Å². The summed E-state index contributed by atoms with van der Waals surface area (Å²) in [5, 5.41) is 12.6. The number of nitrogens with one attached hydrogen (secondary N) is 2. The minimum absolute atomic E-state index is 0.238. The Hall–Kier alpha value is -5.57. The Bertz CT molecular complexity index is 2260. The molecule has 12 nitrogen and oxygen atoms in total. The lowest BCUT2D eigenvalue weighted by Crippen LogP contribution is -2.49. The fraction of sp³-hybridized carbons (Fsp3) is 0.400. The van der Waals surface area contributed by atoms with Gasteiger partial charge < -0.3 is 15.0 Å². The highest BCUT2D eigenvalue weighted by atomic mass is 19.4. The second-order valence-electron chi connectivity index (χ2n) is 14.7. The van der Waals surface area contributed by atoms with Gasteiger partial charge in [0.15, 0.2) is 0 Å². The molecule has 0 atom stereocenters. The smallest absolute Gasteiger partial charge is 0.433 e. The van der Waals surface area contributed by atoms with Crippen molar-refractivity contribution in [2.75, 3.05) is 43.5 Å². The van der Waals surface area contributed by atoms with Crippen molar-refractivity contribution >= 4 is 50.9 Å². The molecule has 286 valence electrons. The lowest BCUT2D eigenvalue weighted by molar-refractivity contribution is -0.141. The van der Waals surface area contributed by atoms with Gasteiger partial charge in [0.1, 0.15) is 17.1 Å². The predicted octanol–water partition coefficient (Wildman–Crippen LogP) is 7.32. The van der Waals surface area contributed by atoms with Gasteiger partial charge in [-0.1, -0.05) is 18.2 Å². The molecule has 55 heavy (non-hydrogen) atoms. The number of rotatable bonds is 8. The van der Waals surface area contributed by atoms with Crippen molar-refractivity contribution in [1.82, 2.24) is 30.0 Å². The number of carbonyl (C=O) groups is 3. The molecule has 5 heterocycles. The van der Waals surface area contributed by atoms with E-state index in [-0.39, 0.29) is 24.1 Å². The van der Waals surface area contributed by atoms with Crippen molar-refractivity contribution in [3.63, 3.8) is 0 Å². The number of halogens is 3. The largest absolute Gasteiger partial charge is 0.494 e. The van der Waals surface area contributed by atoms with E-state index < -0.39 is 23.8 Å². The van der Waals surface area contributed by atoms with E-state index in [2.05, 4.69) is 43.7 Å². The number of benzene rings is 2. The molecule has 3 fully saturated rings. The van der Waals surface area contributed by atoms with Crippen LogP contribution in [0, 0.1) is 5.92 Å². The normalized spacial score (nSPS) is 20.2. The van der Waals surface area contributed by atoms with Crippen LogP contribution >= 0.6 is 0 Å². The first-order chi connectivity index (χ1) is 26.5. The Kier molecular flexibility index (Phi) is 9.88. The van der Waals surface area contributed by atoms with Gasteiger partial charge in [-0.3, -0.25) is 29.5 Å². The maximum Gasteiger partial charge on any atom is 0.433 e. The second-order valence-corrected chi connectivity index (χ2v) is 14.7. The molecule has 0 radical (unpaired) electrons. The SMILES string of the molecule is COc1cc2nn([C@H]3CC[C@H](CN4CCC(c5ccc6c(N7CCC(=O)NC7=O)cncc6c5)CC4)CC3)cc2cc1NC(=O)c1cccc(C(F)(F)F)n1. The number of methoxy groups -OCH3 is 1. The number of nitrogens with zero attached hydrogens (tertiary/aromatic N) is 6. The summed E-state index contributed by atoms with van der Waals surface area (Å²) in [4.78, 5) is 49.1. The zero-order valence-electron chi connectivity index (χ0n) is 30.3. The highest BCUT2D eigenvalue weighted by Crippen LogP contribution is 2.38. The molecule has 3 aromatic heterocycles. The van der Waals surface area contributed by atoms with Crippen LogP contribution in [0.2, 0.25) is 0 Å². The number of piperidine rings is 1. The zero-order valence-corrected chi connectivity index (χ0v) is 30.3. The second kappa shape index (κ2) is 14.9. The number of likely N-dealkylation sites (tertiary alicyclic amines) is 1. The number of urea groups is 1. The number of hydrogen-bond acceptors (Lipinski definition) is 8. The fourth-order valence-corrected chi connectivity index (χ4v) is 8.28. The van der Waals surface area contributed by atoms with Gasteiger partial charge >= 0.3 is 12.2 Å². The maximum absolute atomic E-state index is 13.2. The van der Waals surface area contributed by atoms with Gasteiger partial charge in [-0.15, -0.1) is 0 Å². The Labute approximate surface area is 315 Å². The molecular formula is C40H41F3N8O4. The molecule has 3 aliphatic rings. The first-order valence-corrected chi connectivity index (χ1v) is 18.7. The molecule has 2 saturated heterocycles. The topological polar surface area (TPSA) is 135 Å². The molecule has 2 aromatic carbocycles. The van der Waals surface area contributed by atoms with E-state index in [0.29, 0.717) is 41.0 Å². The number of carbonyl (C=O) groups excluding carboxylic acids is 3. The quantitative estimate of drug-likeness (QED) is 0.168. The third kappa shape index (κ3) is 7.70. The van der Waals surface area contributed by atoms with Crippen molar-refractivity contribution in [2.45, 2.75) is 63.1 Å². The average Bonchev–Trinajstić information content (AvgIpc) is 3.60.